The SMILES string of the molecule is CCC1NC(c2ccccc2)C(=O)N1CCCOC. The number of hydrogen-bond acceptors (Lipinski definition) is 3. The predicted molar refractivity (Wildman–Crippen MR) is 74.6 cm³/mol. The number of methoxy groups -OCH3 is 1. The highest BCUT2D eigenvalue weighted by Crippen LogP contribution is 2.25. The Kier molecular flexibility index (Phi) is 4.93. The Balaban J connectivity index is 2.07. The van der Waals surface area contributed by atoms with E-state index >= 15 is 0 Å². The quantitative estimate of drug-likeness (QED) is 0.797. The van der Waals surface area contributed by atoms with Gasteiger partial charge in [-0.25, -0.2) is 0 Å². The molecule has 1 aromatic rings. The molecule has 4 nitrogen and oxygen atoms in total. The van der Waals surface area contributed by atoms with Crippen LogP contribution < -0.4 is 5.32 Å². The second kappa shape index (κ2) is 6.68. The van der Waals surface area contributed by atoms with Crippen LogP contribution in [0.25, 0.3) is 0 Å². The normalized spacial score (nSPS) is 23.1. The van der Waals surface area contributed by atoms with Gasteiger partial charge in [0, 0.05) is 20.3 Å². The molecule has 1 aliphatic heterocycles. The molecule has 0 aliphatic carbocycles. The molecule has 0 radical (unpaired) electrons. The van der Waals surface area contributed by atoms with Gasteiger partial charge in [0.2, 0.25) is 5.91 Å². The van der Waals surface area contributed by atoms with Gasteiger partial charge in [-0.15, -0.1) is 0 Å². The summed E-state index contributed by atoms with van der Waals surface area (Å²) in [5, 5.41) is 3.42. The van der Waals surface area contributed by atoms with Gasteiger partial charge in [-0.3, -0.25) is 10.1 Å². The van der Waals surface area contributed by atoms with Crippen molar-refractivity contribution in [3.63, 3.8) is 0 Å². The predicted octanol–water partition coefficient (Wildman–Crippen LogP) is 1.93. The van der Waals surface area contributed by atoms with Gasteiger partial charge in [0.15, 0.2) is 0 Å². The third-order valence-corrected chi connectivity index (χ3v) is 3.53. The van der Waals surface area contributed by atoms with Gasteiger partial charge in [0.05, 0.1) is 6.17 Å². The molecule has 19 heavy (non-hydrogen) atoms. The maximum absolute atomic E-state index is 12.5. The summed E-state index contributed by atoms with van der Waals surface area (Å²) in [6.45, 7) is 3.54. The molecule has 0 spiro atoms. The smallest absolute Gasteiger partial charge is 0.245 e. The van der Waals surface area contributed by atoms with E-state index in [9.17, 15) is 4.79 Å². The van der Waals surface area contributed by atoms with Crippen LogP contribution >= 0.6 is 0 Å². The fourth-order valence-electron chi connectivity index (χ4n) is 2.54. The molecule has 0 aromatic heterocycles. The fourth-order valence-corrected chi connectivity index (χ4v) is 2.54. The van der Waals surface area contributed by atoms with E-state index in [0.29, 0.717) is 6.61 Å². The largest absolute Gasteiger partial charge is 0.385 e. The van der Waals surface area contributed by atoms with Gasteiger partial charge in [-0.2, -0.15) is 0 Å². The van der Waals surface area contributed by atoms with Crippen LogP contribution in [0.1, 0.15) is 31.4 Å². The van der Waals surface area contributed by atoms with E-state index in [1.165, 1.54) is 0 Å². The zero-order chi connectivity index (χ0) is 13.7. The highest BCUT2D eigenvalue weighted by atomic mass is 16.5. The van der Waals surface area contributed by atoms with Crippen molar-refractivity contribution in [2.24, 2.45) is 0 Å². The maximum atomic E-state index is 12.5. The molecule has 1 amide bonds. The monoisotopic (exact) mass is 262 g/mol. The molecule has 4 heteroatoms. The van der Waals surface area contributed by atoms with Crippen molar-refractivity contribution >= 4 is 5.91 Å². The second-order valence-corrected chi connectivity index (χ2v) is 4.81. The number of benzene rings is 1. The third kappa shape index (κ3) is 3.14. The van der Waals surface area contributed by atoms with Gasteiger partial charge in [0.1, 0.15) is 6.04 Å². The van der Waals surface area contributed by atoms with Gasteiger partial charge in [-0.05, 0) is 18.4 Å². The van der Waals surface area contributed by atoms with Crippen LogP contribution in [0, 0.1) is 0 Å². The number of carbonyl (C=O) groups is 1. The number of hydrogen-bond donors (Lipinski definition) is 1. The molecule has 2 atom stereocenters. The average molecular weight is 262 g/mol. The van der Waals surface area contributed by atoms with Crippen molar-refractivity contribution in [1.82, 2.24) is 10.2 Å². The molecule has 1 saturated heterocycles. The number of carbonyl (C=O) groups excluding carboxylic acids is 1. The third-order valence-electron chi connectivity index (χ3n) is 3.53. The van der Waals surface area contributed by atoms with Crippen LogP contribution in [0.4, 0.5) is 0 Å². The minimum absolute atomic E-state index is 0.134. The van der Waals surface area contributed by atoms with Gasteiger partial charge >= 0.3 is 0 Å². The molecule has 104 valence electrons. The lowest BCUT2D eigenvalue weighted by Gasteiger charge is -2.22. The Labute approximate surface area is 114 Å². The number of nitrogens with one attached hydrogen (secondary N) is 1. The summed E-state index contributed by atoms with van der Waals surface area (Å²) in [6, 6.07) is 9.71. The molecule has 1 aromatic carbocycles. The molecule has 2 rings (SSSR count). The minimum atomic E-state index is -0.200. The second-order valence-electron chi connectivity index (χ2n) is 4.81. The van der Waals surface area contributed by atoms with Gasteiger partial charge in [0.25, 0.3) is 0 Å². The zero-order valence-electron chi connectivity index (χ0n) is 11.6. The lowest BCUT2D eigenvalue weighted by molar-refractivity contribution is -0.130. The topological polar surface area (TPSA) is 41.6 Å². The first kappa shape index (κ1) is 14.0. The van der Waals surface area contributed by atoms with Crippen LogP contribution in [0.15, 0.2) is 30.3 Å². The lowest BCUT2D eigenvalue weighted by Crippen LogP contribution is -2.37. The summed E-state index contributed by atoms with van der Waals surface area (Å²) in [5.41, 5.74) is 1.04. The van der Waals surface area contributed by atoms with Crippen LogP contribution in [0.5, 0.6) is 0 Å². The van der Waals surface area contributed by atoms with E-state index in [0.717, 1.165) is 24.9 Å². The number of rotatable bonds is 6. The zero-order valence-corrected chi connectivity index (χ0v) is 11.6. The van der Waals surface area contributed by atoms with Gasteiger partial charge in [-0.1, -0.05) is 37.3 Å². The summed E-state index contributed by atoms with van der Waals surface area (Å²) >= 11 is 0. The Morgan fingerprint density at radius 2 is 2.05 bits per heavy atom. The van der Waals surface area contributed by atoms with Crippen LogP contribution in [0.3, 0.4) is 0 Å². The highest BCUT2D eigenvalue weighted by Gasteiger charge is 2.38. The Morgan fingerprint density at radius 1 is 1.32 bits per heavy atom. The minimum Gasteiger partial charge on any atom is -0.385 e. The van der Waals surface area contributed by atoms with E-state index < -0.39 is 0 Å². The first-order valence-corrected chi connectivity index (χ1v) is 6.88. The Morgan fingerprint density at radius 3 is 2.68 bits per heavy atom. The average Bonchev–Trinajstić information content (AvgIpc) is 2.77. The summed E-state index contributed by atoms with van der Waals surface area (Å²) in [6.07, 6.45) is 1.93. The van der Waals surface area contributed by atoms with E-state index in [-0.39, 0.29) is 18.1 Å². The van der Waals surface area contributed by atoms with Crippen LogP contribution in [-0.4, -0.2) is 37.2 Å². The Bertz CT molecular complexity index is 408. The molecule has 1 fully saturated rings. The van der Waals surface area contributed by atoms with Crippen molar-refractivity contribution < 1.29 is 9.53 Å². The van der Waals surface area contributed by atoms with Gasteiger partial charge < -0.3 is 9.64 Å². The van der Waals surface area contributed by atoms with Crippen molar-refractivity contribution in [3.05, 3.63) is 35.9 Å². The number of nitrogens with zero attached hydrogens (tertiary/aromatic N) is 1. The van der Waals surface area contributed by atoms with E-state index in [1.807, 2.05) is 35.2 Å². The van der Waals surface area contributed by atoms with Crippen molar-refractivity contribution in [2.45, 2.75) is 32.0 Å². The molecule has 1 N–H and O–H groups in total. The van der Waals surface area contributed by atoms with E-state index in [1.54, 1.807) is 7.11 Å². The Hall–Kier alpha value is -1.39. The highest BCUT2D eigenvalue weighted by molar-refractivity contribution is 5.85. The molecule has 2 unspecified atom stereocenters. The number of amides is 1. The van der Waals surface area contributed by atoms with Crippen molar-refractivity contribution in [1.29, 1.82) is 0 Å². The standard InChI is InChI=1S/C15H22N2O2/c1-3-13-16-14(12-8-5-4-6-9-12)15(18)17(13)10-7-11-19-2/h4-6,8-9,13-14,16H,3,7,10-11H2,1-2H3. The first-order chi connectivity index (χ1) is 9.27. The molecular weight excluding hydrogens is 240 g/mol. The molecule has 1 aliphatic rings. The van der Waals surface area contributed by atoms with E-state index in [2.05, 4.69) is 12.2 Å². The molecular formula is C15H22N2O2. The number of ether oxygens (including phenoxy) is 1. The van der Waals surface area contributed by atoms with Crippen LogP contribution in [-0.2, 0) is 9.53 Å². The van der Waals surface area contributed by atoms with Crippen molar-refractivity contribution in [2.75, 3.05) is 20.3 Å². The van der Waals surface area contributed by atoms with E-state index in [4.69, 9.17) is 4.74 Å². The maximum Gasteiger partial charge on any atom is 0.245 e. The summed E-state index contributed by atoms with van der Waals surface area (Å²) in [7, 11) is 1.69. The first-order valence-electron chi connectivity index (χ1n) is 6.88. The summed E-state index contributed by atoms with van der Waals surface area (Å²) in [4.78, 5) is 14.4. The fraction of sp³-hybridized carbons (Fsp3) is 0.533. The molecule has 1 heterocycles. The molecule has 0 saturated carbocycles. The van der Waals surface area contributed by atoms with Crippen LogP contribution in [0.2, 0.25) is 0 Å². The summed E-state index contributed by atoms with van der Waals surface area (Å²) < 4.78 is 5.06. The van der Waals surface area contributed by atoms with Crippen molar-refractivity contribution in [3.8, 4) is 0 Å². The lowest BCUT2D eigenvalue weighted by atomic mass is 10.1. The molecule has 0 bridgehead atoms. The summed E-state index contributed by atoms with van der Waals surface area (Å²) in [5.74, 6) is 0.175.